The van der Waals surface area contributed by atoms with Crippen LogP contribution in [0.1, 0.15) is 11.3 Å². The summed E-state index contributed by atoms with van der Waals surface area (Å²) in [6.45, 7) is 2.77. The van der Waals surface area contributed by atoms with Crippen LogP contribution in [-0.4, -0.2) is 17.1 Å². The summed E-state index contributed by atoms with van der Waals surface area (Å²) in [5.74, 6) is 1.72. The van der Waals surface area contributed by atoms with E-state index in [1.807, 2.05) is 49.4 Å². The zero-order valence-electron chi connectivity index (χ0n) is 16.4. The van der Waals surface area contributed by atoms with Gasteiger partial charge in [0.05, 0.1) is 12.8 Å². The average Bonchev–Trinajstić information content (AvgIpc) is 3.15. The van der Waals surface area contributed by atoms with Crippen molar-refractivity contribution < 1.29 is 4.74 Å². The molecular weight excluding hydrogens is 382 g/mol. The van der Waals surface area contributed by atoms with Gasteiger partial charge in [0, 0.05) is 34.1 Å². The second-order valence-electron chi connectivity index (χ2n) is 6.85. The molecule has 3 aromatic carbocycles. The van der Waals surface area contributed by atoms with Crippen LogP contribution in [0.2, 0.25) is 5.02 Å². The third-order valence-corrected chi connectivity index (χ3v) is 5.04. The van der Waals surface area contributed by atoms with Gasteiger partial charge in [-0.1, -0.05) is 35.9 Å². The Labute approximate surface area is 175 Å². The van der Waals surface area contributed by atoms with Crippen molar-refractivity contribution in [3.8, 4) is 28.4 Å². The highest BCUT2D eigenvalue weighted by Crippen LogP contribution is 2.27. The van der Waals surface area contributed by atoms with E-state index in [0.717, 1.165) is 51.3 Å². The molecule has 0 atom stereocenters. The maximum absolute atomic E-state index is 5.99. The number of methoxy groups -OCH3 is 1. The fourth-order valence-corrected chi connectivity index (χ4v) is 3.34. The molecular formula is C24H22ClN3O. The first kappa shape index (κ1) is 19.1. The standard InChI is InChI=1S/C24H22ClN3O/c1-16-23(18-6-10-20(25)11-7-18)28-24(27-16)19-8-12-21(13-9-19)26-15-17-4-3-5-22(14-17)29-2/h3-14,26H,15H2,1-2H3,(H,27,28). The Balaban J connectivity index is 1.48. The normalized spacial score (nSPS) is 10.7. The largest absolute Gasteiger partial charge is 0.497 e. The molecule has 0 aliphatic carbocycles. The number of aryl methyl sites for hydroxylation is 1. The molecule has 0 unspecified atom stereocenters. The van der Waals surface area contributed by atoms with Crippen molar-refractivity contribution in [3.63, 3.8) is 0 Å². The van der Waals surface area contributed by atoms with Gasteiger partial charge < -0.3 is 15.0 Å². The smallest absolute Gasteiger partial charge is 0.138 e. The number of rotatable bonds is 6. The number of halogens is 1. The molecule has 4 rings (SSSR count). The van der Waals surface area contributed by atoms with E-state index in [1.54, 1.807) is 7.11 Å². The number of H-pyrrole nitrogens is 1. The first-order valence-electron chi connectivity index (χ1n) is 9.42. The monoisotopic (exact) mass is 403 g/mol. The number of anilines is 1. The summed E-state index contributed by atoms with van der Waals surface area (Å²) in [6.07, 6.45) is 0. The number of aromatic nitrogens is 2. The Hall–Kier alpha value is -3.24. The summed E-state index contributed by atoms with van der Waals surface area (Å²) in [4.78, 5) is 8.17. The zero-order valence-corrected chi connectivity index (χ0v) is 17.1. The van der Waals surface area contributed by atoms with E-state index < -0.39 is 0 Å². The van der Waals surface area contributed by atoms with E-state index in [1.165, 1.54) is 5.56 Å². The van der Waals surface area contributed by atoms with Gasteiger partial charge >= 0.3 is 0 Å². The highest BCUT2D eigenvalue weighted by Gasteiger charge is 2.10. The number of nitrogens with one attached hydrogen (secondary N) is 2. The van der Waals surface area contributed by atoms with E-state index in [0.29, 0.717) is 0 Å². The van der Waals surface area contributed by atoms with Crippen LogP contribution < -0.4 is 10.1 Å². The fourth-order valence-electron chi connectivity index (χ4n) is 3.22. The molecule has 0 saturated carbocycles. The molecule has 0 bridgehead atoms. The minimum absolute atomic E-state index is 0.721. The molecule has 1 heterocycles. The van der Waals surface area contributed by atoms with Gasteiger partial charge in [0.15, 0.2) is 0 Å². The Bertz CT molecular complexity index is 1100. The van der Waals surface area contributed by atoms with Crippen molar-refractivity contribution in [2.75, 3.05) is 12.4 Å². The molecule has 4 aromatic rings. The van der Waals surface area contributed by atoms with Crippen LogP contribution in [0.25, 0.3) is 22.6 Å². The Morgan fingerprint density at radius 1 is 0.966 bits per heavy atom. The highest BCUT2D eigenvalue weighted by molar-refractivity contribution is 6.30. The van der Waals surface area contributed by atoms with Gasteiger partial charge in [-0.2, -0.15) is 0 Å². The molecule has 0 aliphatic rings. The van der Waals surface area contributed by atoms with Gasteiger partial charge in [-0.25, -0.2) is 4.98 Å². The van der Waals surface area contributed by atoms with Crippen LogP contribution in [-0.2, 0) is 6.54 Å². The van der Waals surface area contributed by atoms with Crippen LogP contribution in [0.4, 0.5) is 5.69 Å². The summed E-state index contributed by atoms with van der Waals surface area (Å²) >= 11 is 5.99. The third-order valence-electron chi connectivity index (χ3n) is 4.79. The lowest BCUT2D eigenvalue weighted by atomic mass is 10.1. The molecule has 5 heteroatoms. The predicted octanol–water partition coefficient (Wildman–Crippen LogP) is 6.33. The lowest BCUT2D eigenvalue weighted by molar-refractivity contribution is 0.414. The Morgan fingerprint density at radius 3 is 2.41 bits per heavy atom. The molecule has 146 valence electrons. The van der Waals surface area contributed by atoms with Gasteiger partial charge in [0.25, 0.3) is 0 Å². The number of hydrogen-bond acceptors (Lipinski definition) is 3. The topological polar surface area (TPSA) is 49.9 Å². The number of ether oxygens (including phenoxy) is 1. The van der Waals surface area contributed by atoms with Crippen LogP contribution in [0, 0.1) is 6.92 Å². The van der Waals surface area contributed by atoms with Crippen LogP contribution in [0.3, 0.4) is 0 Å². The maximum Gasteiger partial charge on any atom is 0.138 e. The van der Waals surface area contributed by atoms with Crippen LogP contribution in [0.5, 0.6) is 5.75 Å². The molecule has 0 fully saturated rings. The molecule has 0 aliphatic heterocycles. The molecule has 0 radical (unpaired) electrons. The summed E-state index contributed by atoms with van der Waals surface area (Å²) in [6, 6.07) is 24.1. The molecule has 1 aromatic heterocycles. The second kappa shape index (κ2) is 8.41. The lowest BCUT2D eigenvalue weighted by Crippen LogP contribution is -1.99. The van der Waals surface area contributed by atoms with Crippen LogP contribution >= 0.6 is 11.6 Å². The van der Waals surface area contributed by atoms with Crippen molar-refractivity contribution in [1.29, 1.82) is 0 Å². The lowest BCUT2D eigenvalue weighted by Gasteiger charge is -2.08. The van der Waals surface area contributed by atoms with Crippen molar-refractivity contribution in [2.24, 2.45) is 0 Å². The van der Waals surface area contributed by atoms with Gasteiger partial charge in [-0.3, -0.25) is 0 Å². The highest BCUT2D eigenvalue weighted by atomic mass is 35.5. The van der Waals surface area contributed by atoms with E-state index in [2.05, 4.69) is 40.6 Å². The zero-order chi connectivity index (χ0) is 20.2. The first-order valence-corrected chi connectivity index (χ1v) is 9.80. The molecule has 2 N–H and O–H groups in total. The van der Waals surface area contributed by atoms with Crippen molar-refractivity contribution in [2.45, 2.75) is 13.5 Å². The molecule has 0 amide bonds. The number of hydrogen-bond donors (Lipinski definition) is 2. The predicted molar refractivity (Wildman–Crippen MR) is 120 cm³/mol. The second-order valence-corrected chi connectivity index (χ2v) is 7.28. The van der Waals surface area contributed by atoms with E-state index in [9.17, 15) is 0 Å². The van der Waals surface area contributed by atoms with Gasteiger partial charge in [0.1, 0.15) is 11.6 Å². The van der Waals surface area contributed by atoms with E-state index >= 15 is 0 Å². The minimum atomic E-state index is 0.721. The van der Waals surface area contributed by atoms with Crippen molar-refractivity contribution in [1.82, 2.24) is 9.97 Å². The summed E-state index contributed by atoms with van der Waals surface area (Å²) < 4.78 is 5.28. The van der Waals surface area contributed by atoms with E-state index in [4.69, 9.17) is 21.3 Å². The molecule has 0 spiro atoms. The van der Waals surface area contributed by atoms with Gasteiger partial charge in [-0.15, -0.1) is 0 Å². The third kappa shape index (κ3) is 4.44. The minimum Gasteiger partial charge on any atom is -0.497 e. The number of aromatic amines is 1. The first-order chi connectivity index (χ1) is 14.1. The van der Waals surface area contributed by atoms with Gasteiger partial charge in [0.2, 0.25) is 0 Å². The summed E-state index contributed by atoms with van der Waals surface area (Å²) in [5.41, 5.74) is 6.28. The van der Waals surface area contributed by atoms with Crippen molar-refractivity contribution in [3.05, 3.63) is 89.1 Å². The number of nitrogens with zero attached hydrogens (tertiary/aromatic N) is 1. The van der Waals surface area contributed by atoms with E-state index in [-0.39, 0.29) is 0 Å². The maximum atomic E-state index is 5.99. The summed E-state index contributed by atoms with van der Waals surface area (Å²) in [7, 11) is 1.68. The summed E-state index contributed by atoms with van der Waals surface area (Å²) in [5, 5.41) is 4.16. The molecule has 0 saturated heterocycles. The number of benzene rings is 3. The quantitative estimate of drug-likeness (QED) is 0.395. The fraction of sp³-hybridized carbons (Fsp3) is 0.125. The molecule has 4 nitrogen and oxygen atoms in total. The Morgan fingerprint density at radius 2 is 1.69 bits per heavy atom. The van der Waals surface area contributed by atoms with Crippen LogP contribution in [0.15, 0.2) is 72.8 Å². The number of imidazole rings is 1. The van der Waals surface area contributed by atoms with Crippen molar-refractivity contribution >= 4 is 17.3 Å². The SMILES string of the molecule is COc1cccc(CNc2ccc(-c3nc(-c4ccc(Cl)cc4)c(C)[nH]3)cc2)c1. The molecule has 29 heavy (non-hydrogen) atoms. The van der Waals surface area contributed by atoms with Gasteiger partial charge in [-0.05, 0) is 61.0 Å². The average molecular weight is 404 g/mol. The Kier molecular flexibility index (Phi) is 5.54.